The zero-order chi connectivity index (χ0) is 25.5. The Morgan fingerprint density at radius 2 is 1.78 bits per heavy atom. The Kier molecular flexibility index (Phi) is 6.36. The van der Waals surface area contributed by atoms with E-state index in [2.05, 4.69) is 0 Å². The van der Waals surface area contributed by atoms with Crippen molar-refractivity contribution in [1.29, 1.82) is 0 Å². The SMILES string of the molecule is O=C1[C@H]2[C@H](CC(COc3ccccc3)=C3B(O)O[C@H](c4ccccc4O)C[C@H]32)C(=O)N1Cc1cccs1. The van der Waals surface area contributed by atoms with Crippen LogP contribution in [0.2, 0.25) is 0 Å². The van der Waals surface area contributed by atoms with Gasteiger partial charge in [-0.2, -0.15) is 0 Å². The average Bonchev–Trinajstić information content (AvgIpc) is 3.51. The zero-order valence-electron chi connectivity index (χ0n) is 20.0. The van der Waals surface area contributed by atoms with Crippen LogP contribution in [-0.4, -0.2) is 40.6 Å². The molecular formula is C28H26BNO6S. The number of fused-ring (bicyclic) bond motifs is 3. The second-order valence-corrected chi connectivity index (χ2v) is 10.7. The predicted octanol–water partition coefficient (Wildman–Crippen LogP) is 4.13. The number of hydrogen-bond acceptors (Lipinski definition) is 7. The lowest BCUT2D eigenvalue weighted by Gasteiger charge is -2.42. The molecule has 1 aromatic heterocycles. The van der Waals surface area contributed by atoms with Gasteiger partial charge in [0.1, 0.15) is 18.1 Å². The number of aromatic hydroxyl groups is 1. The van der Waals surface area contributed by atoms with E-state index in [1.54, 1.807) is 24.3 Å². The van der Waals surface area contributed by atoms with Crippen molar-refractivity contribution in [3.05, 3.63) is 93.6 Å². The second kappa shape index (κ2) is 9.81. The van der Waals surface area contributed by atoms with E-state index in [-0.39, 0.29) is 30.7 Å². The van der Waals surface area contributed by atoms with E-state index in [4.69, 9.17) is 9.39 Å². The summed E-state index contributed by atoms with van der Waals surface area (Å²) in [4.78, 5) is 29.6. The van der Waals surface area contributed by atoms with E-state index in [9.17, 15) is 19.7 Å². The minimum atomic E-state index is -1.27. The van der Waals surface area contributed by atoms with Crippen LogP contribution in [0.15, 0.2) is 83.2 Å². The lowest BCUT2D eigenvalue weighted by molar-refractivity contribution is -0.140. The van der Waals surface area contributed by atoms with Crippen LogP contribution in [-0.2, 0) is 20.8 Å². The highest BCUT2D eigenvalue weighted by Gasteiger charge is 2.58. The summed E-state index contributed by atoms with van der Waals surface area (Å²) >= 11 is 1.51. The van der Waals surface area contributed by atoms with Crippen LogP contribution in [0.3, 0.4) is 0 Å². The first-order valence-corrected chi connectivity index (χ1v) is 13.3. The van der Waals surface area contributed by atoms with Gasteiger partial charge in [-0.1, -0.05) is 42.5 Å². The second-order valence-electron chi connectivity index (χ2n) is 9.72. The molecule has 0 unspecified atom stereocenters. The van der Waals surface area contributed by atoms with Crippen LogP contribution < -0.4 is 4.74 Å². The predicted molar refractivity (Wildman–Crippen MR) is 138 cm³/mol. The number of para-hydroxylation sites is 2. The van der Waals surface area contributed by atoms with Crippen molar-refractivity contribution in [2.45, 2.75) is 25.5 Å². The summed E-state index contributed by atoms with van der Waals surface area (Å²) in [6.07, 6.45) is 0.0803. The van der Waals surface area contributed by atoms with Gasteiger partial charge in [0.05, 0.1) is 24.5 Å². The molecule has 0 saturated carbocycles. The number of rotatable bonds is 6. The molecule has 2 aliphatic heterocycles. The van der Waals surface area contributed by atoms with E-state index >= 15 is 0 Å². The molecule has 4 atom stereocenters. The van der Waals surface area contributed by atoms with Crippen LogP contribution in [0.5, 0.6) is 11.5 Å². The Morgan fingerprint density at radius 3 is 2.54 bits per heavy atom. The Bertz CT molecular complexity index is 1340. The molecule has 3 aromatic rings. The largest absolute Gasteiger partial charge is 0.508 e. The summed E-state index contributed by atoms with van der Waals surface area (Å²) in [5.41, 5.74) is 1.97. The van der Waals surface area contributed by atoms with Gasteiger partial charge in [0.2, 0.25) is 11.8 Å². The maximum Gasteiger partial charge on any atom is 0.487 e. The molecule has 3 heterocycles. The maximum atomic E-state index is 13.7. The molecule has 2 N–H and O–H groups in total. The van der Waals surface area contributed by atoms with Crippen molar-refractivity contribution >= 4 is 30.3 Å². The highest BCUT2D eigenvalue weighted by atomic mass is 32.1. The molecule has 0 bridgehead atoms. The van der Waals surface area contributed by atoms with Gasteiger partial charge in [0.25, 0.3) is 0 Å². The minimum absolute atomic E-state index is 0.0697. The van der Waals surface area contributed by atoms with Crippen molar-refractivity contribution in [1.82, 2.24) is 4.90 Å². The lowest BCUT2D eigenvalue weighted by Crippen LogP contribution is -2.45. The van der Waals surface area contributed by atoms with Crippen molar-refractivity contribution in [3.8, 4) is 11.5 Å². The van der Waals surface area contributed by atoms with Crippen LogP contribution in [0.1, 0.15) is 29.4 Å². The fourth-order valence-electron chi connectivity index (χ4n) is 5.97. The number of amides is 2. The third kappa shape index (κ3) is 4.37. The molecule has 0 spiro atoms. The maximum absolute atomic E-state index is 13.7. The Labute approximate surface area is 219 Å². The monoisotopic (exact) mass is 515 g/mol. The molecule has 6 rings (SSSR count). The molecule has 2 amide bonds. The number of carbonyl (C=O) groups is 2. The zero-order valence-corrected chi connectivity index (χ0v) is 20.8. The number of ether oxygens (including phenoxy) is 1. The molecule has 3 aliphatic rings. The fourth-order valence-corrected chi connectivity index (χ4v) is 6.66. The Morgan fingerprint density at radius 1 is 1.00 bits per heavy atom. The third-order valence-corrected chi connectivity index (χ3v) is 8.50. The number of carbonyl (C=O) groups excluding carboxylic acids is 2. The number of imide groups is 1. The lowest BCUT2D eigenvalue weighted by atomic mass is 9.55. The number of thiophene rings is 1. The van der Waals surface area contributed by atoms with Gasteiger partial charge in [-0.3, -0.25) is 14.5 Å². The van der Waals surface area contributed by atoms with Gasteiger partial charge >= 0.3 is 7.12 Å². The van der Waals surface area contributed by atoms with Crippen LogP contribution >= 0.6 is 11.3 Å². The summed E-state index contributed by atoms with van der Waals surface area (Å²) in [5.74, 6) is -1.16. The highest BCUT2D eigenvalue weighted by Crippen LogP contribution is 2.52. The van der Waals surface area contributed by atoms with Gasteiger partial charge < -0.3 is 19.5 Å². The molecule has 1 aliphatic carbocycles. The number of phenolic OH excluding ortho intramolecular Hbond substituents is 1. The molecule has 2 saturated heterocycles. The van der Waals surface area contributed by atoms with Crippen LogP contribution in [0.25, 0.3) is 0 Å². The van der Waals surface area contributed by atoms with Gasteiger partial charge in [-0.25, -0.2) is 0 Å². The molecule has 0 radical (unpaired) electrons. The summed E-state index contributed by atoms with van der Waals surface area (Å²) in [5, 5.41) is 23.6. The molecule has 37 heavy (non-hydrogen) atoms. The topological polar surface area (TPSA) is 96.3 Å². The first-order valence-electron chi connectivity index (χ1n) is 12.4. The van der Waals surface area contributed by atoms with Gasteiger partial charge in [-0.15, -0.1) is 11.3 Å². The first-order chi connectivity index (χ1) is 18.0. The summed E-state index contributed by atoms with van der Waals surface area (Å²) < 4.78 is 12.0. The highest BCUT2D eigenvalue weighted by molar-refractivity contribution is 7.09. The molecule has 9 heteroatoms. The van der Waals surface area contributed by atoms with Crippen LogP contribution in [0, 0.1) is 17.8 Å². The van der Waals surface area contributed by atoms with E-state index < -0.39 is 31.0 Å². The molecule has 7 nitrogen and oxygen atoms in total. The Balaban J connectivity index is 1.36. The average molecular weight is 515 g/mol. The van der Waals surface area contributed by atoms with Gasteiger partial charge in [-0.05, 0) is 59.5 Å². The number of hydrogen-bond donors (Lipinski definition) is 2. The van der Waals surface area contributed by atoms with Crippen molar-refractivity contribution in [2.24, 2.45) is 17.8 Å². The third-order valence-electron chi connectivity index (χ3n) is 7.64. The van der Waals surface area contributed by atoms with Crippen molar-refractivity contribution in [3.63, 3.8) is 0 Å². The minimum Gasteiger partial charge on any atom is -0.508 e. The van der Waals surface area contributed by atoms with Crippen LogP contribution in [0.4, 0.5) is 0 Å². The standard InChI is InChI=1S/C28H26BNO6S/c31-23-11-5-4-10-20(23)24-14-21-25-22(27(32)30(28(25)33)15-19-9-6-12-37-19)13-17(26(21)29(34)36-24)16-35-18-7-2-1-3-8-18/h1-12,21-22,24-25,31,34H,13-16H2/t21-,22-,24-,25+/m0/s1. The molecule has 188 valence electrons. The summed E-state index contributed by atoms with van der Waals surface area (Å²) in [6, 6.07) is 20.0. The van der Waals surface area contributed by atoms with Crippen molar-refractivity contribution in [2.75, 3.05) is 6.61 Å². The number of nitrogens with zero attached hydrogens (tertiary/aromatic N) is 1. The summed E-state index contributed by atoms with van der Waals surface area (Å²) in [7, 11) is -1.27. The first kappa shape index (κ1) is 24.0. The number of benzene rings is 2. The van der Waals surface area contributed by atoms with Crippen molar-refractivity contribution < 1.29 is 29.1 Å². The van der Waals surface area contributed by atoms with Gasteiger partial charge in [0, 0.05) is 10.4 Å². The molecule has 2 aromatic carbocycles. The fraction of sp³-hybridized carbons (Fsp3) is 0.286. The smallest absolute Gasteiger partial charge is 0.487 e. The number of allylic oxidation sites excluding steroid dienone is 1. The molecule has 2 fully saturated rings. The van der Waals surface area contributed by atoms with E-state index in [1.165, 1.54) is 16.2 Å². The number of likely N-dealkylation sites (tertiary alicyclic amines) is 1. The molecular weight excluding hydrogens is 489 g/mol. The number of phenols is 1. The Hall–Kier alpha value is -3.40. The van der Waals surface area contributed by atoms with E-state index in [1.807, 2.05) is 47.8 Å². The normalized spacial score (nSPS) is 25.3. The van der Waals surface area contributed by atoms with Gasteiger partial charge in [0.15, 0.2) is 0 Å². The van der Waals surface area contributed by atoms with E-state index in [0.29, 0.717) is 29.6 Å². The summed E-state index contributed by atoms with van der Waals surface area (Å²) in [6.45, 7) is 0.440. The van der Waals surface area contributed by atoms with E-state index in [0.717, 1.165) is 10.5 Å². The quantitative estimate of drug-likeness (QED) is 0.379.